The van der Waals surface area contributed by atoms with Crippen molar-refractivity contribution in [2.75, 3.05) is 17.2 Å². The van der Waals surface area contributed by atoms with E-state index < -0.39 is 30.2 Å². The van der Waals surface area contributed by atoms with Crippen molar-refractivity contribution < 1.29 is 23.9 Å². The van der Waals surface area contributed by atoms with Gasteiger partial charge in [-0.2, -0.15) is 0 Å². The third kappa shape index (κ3) is 7.46. The number of halogens is 1. The summed E-state index contributed by atoms with van der Waals surface area (Å²) in [4.78, 5) is 35.9. The molecule has 2 amide bonds. The molecule has 154 valence electrons. The van der Waals surface area contributed by atoms with Gasteiger partial charge in [-0.25, -0.2) is 9.59 Å². The molecule has 0 aliphatic heterocycles. The Morgan fingerprint density at radius 3 is 2.28 bits per heavy atom. The average molecular weight is 419 g/mol. The van der Waals surface area contributed by atoms with Crippen LogP contribution >= 0.6 is 11.6 Å². The highest BCUT2D eigenvalue weighted by Crippen LogP contribution is 2.20. The smallest absolute Gasteiger partial charge is 0.412 e. The van der Waals surface area contributed by atoms with Crippen LogP contribution in [0.4, 0.5) is 16.2 Å². The fourth-order valence-corrected chi connectivity index (χ4v) is 2.41. The van der Waals surface area contributed by atoms with Crippen molar-refractivity contribution in [3.05, 3.63) is 58.6 Å². The molecule has 0 radical (unpaired) electrons. The number of aryl methyl sites for hydroxylation is 1. The number of rotatable bonds is 5. The highest BCUT2D eigenvalue weighted by Gasteiger charge is 2.16. The van der Waals surface area contributed by atoms with E-state index in [1.165, 1.54) is 24.3 Å². The predicted octanol–water partition coefficient (Wildman–Crippen LogP) is 4.79. The van der Waals surface area contributed by atoms with Crippen LogP contribution in [0.15, 0.2) is 42.5 Å². The normalized spacial score (nSPS) is 10.8. The van der Waals surface area contributed by atoms with Crippen LogP contribution in [0.5, 0.6) is 0 Å². The topological polar surface area (TPSA) is 93.7 Å². The highest BCUT2D eigenvalue weighted by atomic mass is 35.5. The minimum absolute atomic E-state index is 0.242. The van der Waals surface area contributed by atoms with E-state index in [2.05, 4.69) is 10.6 Å². The number of benzene rings is 2. The van der Waals surface area contributed by atoms with Crippen LogP contribution in [-0.2, 0) is 14.3 Å². The number of carbonyl (C=O) groups is 3. The minimum Gasteiger partial charge on any atom is -0.452 e. The summed E-state index contributed by atoms with van der Waals surface area (Å²) in [5, 5.41) is 5.70. The fraction of sp³-hybridized carbons (Fsp3) is 0.286. The molecule has 0 fully saturated rings. The molecule has 2 aromatic carbocycles. The van der Waals surface area contributed by atoms with Gasteiger partial charge in [0.05, 0.1) is 5.56 Å². The van der Waals surface area contributed by atoms with Crippen molar-refractivity contribution in [3.8, 4) is 0 Å². The summed E-state index contributed by atoms with van der Waals surface area (Å²) in [5.41, 5.74) is 1.48. The van der Waals surface area contributed by atoms with Crippen molar-refractivity contribution in [3.63, 3.8) is 0 Å². The maximum atomic E-state index is 12.1. The number of carbonyl (C=O) groups excluding carboxylic acids is 3. The molecule has 0 aliphatic carbocycles. The Morgan fingerprint density at radius 2 is 1.66 bits per heavy atom. The van der Waals surface area contributed by atoms with Crippen LogP contribution in [0.1, 0.15) is 36.7 Å². The van der Waals surface area contributed by atoms with Crippen molar-refractivity contribution in [2.45, 2.75) is 33.3 Å². The first-order valence-electron chi connectivity index (χ1n) is 8.87. The molecule has 2 N–H and O–H groups in total. The van der Waals surface area contributed by atoms with Crippen LogP contribution in [0.3, 0.4) is 0 Å². The summed E-state index contributed by atoms with van der Waals surface area (Å²) in [6.45, 7) is 6.66. The lowest BCUT2D eigenvalue weighted by atomic mass is 10.2. The van der Waals surface area contributed by atoms with E-state index in [0.717, 1.165) is 5.56 Å². The Morgan fingerprint density at radius 1 is 1.00 bits per heavy atom. The van der Waals surface area contributed by atoms with Crippen LogP contribution in [-0.4, -0.2) is 30.2 Å². The SMILES string of the molecule is Cc1ccc(Cl)cc1NC(=O)COC(=O)c1ccc(NC(=O)OC(C)(C)C)cc1. The third-order valence-electron chi connectivity index (χ3n) is 3.57. The van der Waals surface area contributed by atoms with E-state index in [-0.39, 0.29) is 5.56 Å². The predicted molar refractivity (Wildman–Crippen MR) is 111 cm³/mol. The van der Waals surface area contributed by atoms with E-state index in [9.17, 15) is 14.4 Å². The zero-order valence-corrected chi connectivity index (χ0v) is 17.4. The van der Waals surface area contributed by atoms with Crippen LogP contribution in [0, 0.1) is 6.92 Å². The summed E-state index contributed by atoms with van der Waals surface area (Å²) < 4.78 is 10.2. The first-order valence-corrected chi connectivity index (χ1v) is 9.24. The van der Waals surface area contributed by atoms with Gasteiger partial charge in [0.1, 0.15) is 5.60 Å². The number of esters is 1. The highest BCUT2D eigenvalue weighted by molar-refractivity contribution is 6.31. The molecule has 0 aromatic heterocycles. The van der Waals surface area contributed by atoms with Gasteiger partial charge >= 0.3 is 12.1 Å². The van der Waals surface area contributed by atoms with E-state index in [1.807, 2.05) is 6.92 Å². The molecule has 0 bridgehead atoms. The summed E-state index contributed by atoms with van der Waals surface area (Å²) in [6, 6.07) is 11.1. The monoisotopic (exact) mass is 418 g/mol. The Bertz CT molecular complexity index is 904. The lowest BCUT2D eigenvalue weighted by Crippen LogP contribution is -2.27. The maximum absolute atomic E-state index is 12.1. The van der Waals surface area contributed by atoms with Gasteiger partial charge in [0, 0.05) is 16.4 Å². The first kappa shape index (κ1) is 22.2. The maximum Gasteiger partial charge on any atom is 0.412 e. The van der Waals surface area contributed by atoms with Crippen molar-refractivity contribution in [1.82, 2.24) is 0 Å². The molecule has 8 heteroatoms. The first-order chi connectivity index (χ1) is 13.5. The number of amides is 2. The van der Waals surface area contributed by atoms with E-state index in [1.54, 1.807) is 39.0 Å². The quantitative estimate of drug-likeness (QED) is 0.681. The van der Waals surface area contributed by atoms with Gasteiger partial charge in [0.2, 0.25) is 0 Å². The van der Waals surface area contributed by atoms with Crippen molar-refractivity contribution >= 4 is 40.9 Å². The lowest BCUT2D eigenvalue weighted by molar-refractivity contribution is -0.119. The zero-order chi connectivity index (χ0) is 21.6. The average Bonchev–Trinajstić information content (AvgIpc) is 2.62. The second kappa shape index (κ2) is 9.43. The van der Waals surface area contributed by atoms with Gasteiger partial charge in [0.25, 0.3) is 5.91 Å². The van der Waals surface area contributed by atoms with E-state index >= 15 is 0 Å². The number of nitrogens with one attached hydrogen (secondary N) is 2. The number of hydrogen-bond donors (Lipinski definition) is 2. The Kier molecular flexibility index (Phi) is 7.23. The van der Waals surface area contributed by atoms with Gasteiger partial charge < -0.3 is 14.8 Å². The lowest BCUT2D eigenvalue weighted by Gasteiger charge is -2.19. The molecule has 2 rings (SSSR count). The molecule has 0 saturated heterocycles. The minimum atomic E-state index is -0.660. The molecule has 0 unspecified atom stereocenters. The molecule has 0 spiro atoms. The van der Waals surface area contributed by atoms with Gasteiger partial charge in [-0.15, -0.1) is 0 Å². The second-order valence-electron chi connectivity index (χ2n) is 7.29. The Balaban J connectivity index is 1.86. The van der Waals surface area contributed by atoms with Gasteiger partial charge in [-0.05, 0) is 69.7 Å². The van der Waals surface area contributed by atoms with Crippen molar-refractivity contribution in [1.29, 1.82) is 0 Å². The molecule has 0 saturated carbocycles. The summed E-state index contributed by atoms with van der Waals surface area (Å²) in [7, 11) is 0. The summed E-state index contributed by atoms with van der Waals surface area (Å²) >= 11 is 5.91. The largest absolute Gasteiger partial charge is 0.452 e. The van der Waals surface area contributed by atoms with E-state index in [0.29, 0.717) is 16.4 Å². The van der Waals surface area contributed by atoms with Gasteiger partial charge in [-0.1, -0.05) is 17.7 Å². The molecular weight excluding hydrogens is 396 g/mol. The number of hydrogen-bond acceptors (Lipinski definition) is 5. The standard InChI is InChI=1S/C21H23ClN2O5/c1-13-5-8-15(22)11-17(13)24-18(25)12-28-19(26)14-6-9-16(10-7-14)23-20(27)29-21(2,3)4/h5-11H,12H2,1-4H3,(H,23,27)(H,24,25). The summed E-state index contributed by atoms with van der Waals surface area (Å²) in [6.07, 6.45) is -0.596. The van der Waals surface area contributed by atoms with Crippen LogP contribution in [0.2, 0.25) is 5.02 Å². The molecule has 0 aliphatic rings. The zero-order valence-electron chi connectivity index (χ0n) is 16.7. The van der Waals surface area contributed by atoms with Crippen LogP contribution in [0.25, 0.3) is 0 Å². The Hall–Kier alpha value is -3.06. The number of anilines is 2. The molecule has 0 heterocycles. The van der Waals surface area contributed by atoms with Crippen molar-refractivity contribution in [2.24, 2.45) is 0 Å². The summed E-state index contributed by atoms with van der Waals surface area (Å²) in [5.74, 6) is -1.14. The van der Waals surface area contributed by atoms with Gasteiger partial charge in [-0.3, -0.25) is 10.1 Å². The fourth-order valence-electron chi connectivity index (χ4n) is 2.24. The molecule has 0 atom stereocenters. The second-order valence-corrected chi connectivity index (χ2v) is 7.72. The third-order valence-corrected chi connectivity index (χ3v) is 3.81. The number of ether oxygens (including phenoxy) is 2. The molecule has 7 nitrogen and oxygen atoms in total. The van der Waals surface area contributed by atoms with Gasteiger partial charge in [0.15, 0.2) is 6.61 Å². The molecular formula is C21H23ClN2O5. The molecule has 29 heavy (non-hydrogen) atoms. The van der Waals surface area contributed by atoms with E-state index in [4.69, 9.17) is 21.1 Å². The van der Waals surface area contributed by atoms with Crippen LogP contribution < -0.4 is 10.6 Å². The Labute approximate surface area is 174 Å². The molecule has 2 aromatic rings.